The van der Waals surface area contributed by atoms with Crippen molar-refractivity contribution in [2.24, 2.45) is 21.7 Å². The number of hydroxylamine groups is 2. The molecule has 5 nitrogen and oxygen atoms in total. The highest BCUT2D eigenvalue weighted by Gasteiger charge is 2.49. The molecule has 46 heavy (non-hydrogen) atoms. The van der Waals surface area contributed by atoms with Crippen LogP contribution in [0, 0.1) is 21.7 Å². The highest BCUT2D eigenvalue weighted by molar-refractivity contribution is 7.41. The second-order valence-corrected chi connectivity index (χ2v) is 20.4. The van der Waals surface area contributed by atoms with Crippen LogP contribution in [0.15, 0.2) is 57.4 Å². The summed E-state index contributed by atoms with van der Waals surface area (Å²) in [5.74, 6) is 0.976. The molecule has 0 N–H and O–H groups in total. The zero-order valence-corrected chi connectivity index (χ0v) is 33.3. The SMILES string of the molecule is CCON1C(C)(C)CC(OP2OC(C(C)(C)C)=C3C=C(C(C)(C)C)CC/C3=C3\C=C(C(C)(C)C)C=C(C(C)(C)C)C3O2)CC1(C)C. The molecule has 1 fully saturated rings. The third-order valence-corrected chi connectivity index (χ3v) is 11.0. The van der Waals surface area contributed by atoms with Crippen molar-refractivity contribution in [3.63, 3.8) is 0 Å². The molecule has 0 aromatic heterocycles. The summed E-state index contributed by atoms with van der Waals surface area (Å²) >= 11 is 0. The van der Waals surface area contributed by atoms with E-state index in [4.69, 9.17) is 18.4 Å². The Morgan fingerprint density at radius 2 is 1.37 bits per heavy atom. The van der Waals surface area contributed by atoms with E-state index in [2.05, 4.69) is 141 Å². The van der Waals surface area contributed by atoms with E-state index in [1.165, 1.54) is 33.4 Å². The molecule has 1 saturated heterocycles. The first-order valence-corrected chi connectivity index (χ1v) is 18.7. The van der Waals surface area contributed by atoms with Gasteiger partial charge in [0.15, 0.2) is 0 Å². The van der Waals surface area contributed by atoms with Crippen LogP contribution in [0.2, 0.25) is 0 Å². The van der Waals surface area contributed by atoms with Gasteiger partial charge in [-0.2, -0.15) is 5.06 Å². The standard InChI is InChI=1S/C40H66NO4P/c1-18-42-41-39(14,15)24-28(25-40(41,16)17)43-46-44-33-30(22-27(36(5,6)7)23-32(33)37(8,9)10)29-20-19-26(35(2,3)4)21-31(29)34(45-46)38(11,12)13/h21-23,28,33H,18-20,24-25H2,1-17H3/b30-29-,34-31?. The summed E-state index contributed by atoms with van der Waals surface area (Å²) in [4.78, 5) is 6.19. The molecule has 0 bridgehead atoms. The molecule has 4 rings (SSSR count). The number of piperidine rings is 1. The summed E-state index contributed by atoms with van der Waals surface area (Å²) < 4.78 is 21.4. The van der Waals surface area contributed by atoms with Gasteiger partial charge in [-0.3, -0.25) is 13.9 Å². The summed E-state index contributed by atoms with van der Waals surface area (Å²) in [6, 6.07) is 0. The van der Waals surface area contributed by atoms with E-state index in [0.29, 0.717) is 6.61 Å². The van der Waals surface area contributed by atoms with Crippen molar-refractivity contribution >= 4 is 8.60 Å². The number of hydrogen-bond acceptors (Lipinski definition) is 5. The molecule has 0 aromatic rings. The number of fused-ring (bicyclic) bond motifs is 2. The van der Waals surface area contributed by atoms with Gasteiger partial charge in [0.2, 0.25) is 0 Å². The van der Waals surface area contributed by atoms with Gasteiger partial charge in [-0.05, 0) is 98.8 Å². The largest absolute Gasteiger partial charge is 0.430 e. The maximum atomic E-state index is 7.23. The Morgan fingerprint density at radius 3 is 1.85 bits per heavy atom. The molecule has 2 unspecified atom stereocenters. The monoisotopic (exact) mass is 655 g/mol. The van der Waals surface area contributed by atoms with Crippen LogP contribution < -0.4 is 0 Å². The molecule has 4 aliphatic rings. The molecular formula is C40H66NO4P. The van der Waals surface area contributed by atoms with Gasteiger partial charge in [-0.1, -0.05) is 107 Å². The molecule has 0 aromatic carbocycles. The third kappa shape index (κ3) is 7.97. The molecule has 2 atom stereocenters. The van der Waals surface area contributed by atoms with Gasteiger partial charge >= 0.3 is 8.60 Å². The molecule has 6 heteroatoms. The lowest BCUT2D eigenvalue weighted by Gasteiger charge is -2.53. The molecular weight excluding hydrogens is 589 g/mol. The first-order valence-electron chi connectivity index (χ1n) is 17.6. The minimum Gasteiger partial charge on any atom is -0.430 e. The van der Waals surface area contributed by atoms with Crippen molar-refractivity contribution < 1.29 is 18.4 Å². The zero-order valence-electron chi connectivity index (χ0n) is 32.4. The second kappa shape index (κ2) is 12.6. The van der Waals surface area contributed by atoms with Gasteiger partial charge < -0.3 is 4.52 Å². The van der Waals surface area contributed by atoms with Crippen LogP contribution in [0.1, 0.15) is 143 Å². The molecule has 0 spiro atoms. The molecule has 2 aliphatic carbocycles. The first-order chi connectivity index (χ1) is 20.8. The van der Waals surface area contributed by atoms with Crippen molar-refractivity contribution in [2.45, 2.75) is 167 Å². The Morgan fingerprint density at radius 1 is 0.783 bits per heavy atom. The topological polar surface area (TPSA) is 40.2 Å². The third-order valence-electron chi connectivity index (χ3n) is 9.85. The van der Waals surface area contributed by atoms with Crippen LogP contribution in [0.4, 0.5) is 0 Å². The quantitative estimate of drug-likeness (QED) is 0.282. The average molecular weight is 656 g/mol. The van der Waals surface area contributed by atoms with Gasteiger partial charge in [0.25, 0.3) is 0 Å². The lowest BCUT2D eigenvalue weighted by Crippen LogP contribution is -2.61. The fourth-order valence-corrected chi connectivity index (χ4v) is 9.03. The molecule has 260 valence electrons. The van der Waals surface area contributed by atoms with E-state index < -0.39 is 8.60 Å². The van der Waals surface area contributed by atoms with Crippen LogP contribution in [-0.2, 0) is 18.4 Å². The molecule has 0 amide bonds. The molecule has 2 aliphatic heterocycles. The molecule has 2 heterocycles. The van der Waals surface area contributed by atoms with E-state index >= 15 is 0 Å². The Bertz CT molecular complexity index is 1310. The first kappa shape index (κ1) is 37.6. The summed E-state index contributed by atoms with van der Waals surface area (Å²) in [7, 11) is -1.73. The highest BCUT2D eigenvalue weighted by atomic mass is 31.2. The van der Waals surface area contributed by atoms with E-state index in [1.807, 2.05) is 0 Å². The van der Waals surface area contributed by atoms with Gasteiger partial charge in [0, 0.05) is 22.1 Å². The van der Waals surface area contributed by atoms with Gasteiger partial charge in [-0.15, -0.1) is 0 Å². The Kier molecular flexibility index (Phi) is 10.3. The summed E-state index contributed by atoms with van der Waals surface area (Å²) in [5, 5.41) is 2.18. The second-order valence-electron chi connectivity index (χ2n) is 19.3. The van der Waals surface area contributed by atoms with Crippen molar-refractivity contribution in [2.75, 3.05) is 6.61 Å². The number of hydrogen-bond donors (Lipinski definition) is 0. The molecule has 0 saturated carbocycles. The van der Waals surface area contributed by atoms with Crippen molar-refractivity contribution in [3.05, 3.63) is 57.4 Å². The zero-order chi connectivity index (χ0) is 34.8. The predicted octanol–water partition coefficient (Wildman–Crippen LogP) is 11.9. The van der Waals surface area contributed by atoms with E-state index in [1.54, 1.807) is 0 Å². The van der Waals surface area contributed by atoms with Gasteiger partial charge in [0.1, 0.15) is 11.9 Å². The normalized spacial score (nSPS) is 28.3. The van der Waals surface area contributed by atoms with Crippen LogP contribution in [-0.4, -0.2) is 35.0 Å². The average Bonchev–Trinajstić information content (AvgIpc) is 2.85. The number of allylic oxidation sites excluding steroid dienone is 7. The summed E-state index contributed by atoms with van der Waals surface area (Å²) in [6.07, 6.45) is 10.7. The van der Waals surface area contributed by atoms with Gasteiger partial charge in [-0.25, -0.2) is 0 Å². The van der Waals surface area contributed by atoms with E-state index in [9.17, 15) is 0 Å². The van der Waals surface area contributed by atoms with Crippen LogP contribution in [0.25, 0.3) is 0 Å². The predicted molar refractivity (Wildman–Crippen MR) is 194 cm³/mol. The highest BCUT2D eigenvalue weighted by Crippen LogP contribution is 2.58. The lowest BCUT2D eigenvalue weighted by atomic mass is 9.69. The van der Waals surface area contributed by atoms with Crippen LogP contribution >= 0.6 is 8.60 Å². The van der Waals surface area contributed by atoms with Crippen molar-refractivity contribution in [1.82, 2.24) is 5.06 Å². The van der Waals surface area contributed by atoms with Crippen LogP contribution in [0.3, 0.4) is 0 Å². The molecule has 0 radical (unpaired) electrons. The minimum atomic E-state index is -1.73. The maximum Gasteiger partial charge on any atom is 0.398 e. The Balaban J connectivity index is 1.93. The Labute approximate surface area is 283 Å². The van der Waals surface area contributed by atoms with Crippen molar-refractivity contribution in [1.29, 1.82) is 0 Å². The van der Waals surface area contributed by atoms with Gasteiger partial charge in [0.05, 0.1) is 12.7 Å². The van der Waals surface area contributed by atoms with E-state index in [-0.39, 0.29) is 44.9 Å². The fraction of sp³-hybridized carbons (Fsp3) is 0.750. The fourth-order valence-electron chi connectivity index (χ4n) is 7.58. The van der Waals surface area contributed by atoms with Crippen molar-refractivity contribution in [3.8, 4) is 0 Å². The summed E-state index contributed by atoms with van der Waals surface area (Å²) in [5.41, 5.74) is 7.29. The minimum absolute atomic E-state index is 0.00135. The maximum absolute atomic E-state index is 7.23. The Hall–Kier alpha value is -1.23. The number of rotatable bonds is 4. The lowest BCUT2D eigenvalue weighted by molar-refractivity contribution is -0.288. The van der Waals surface area contributed by atoms with E-state index in [0.717, 1.165) is 31.4 Å². The smallest absolute Gasteiger partial charge is 0.398 e. The number of nitrogens with zero attached hydrogens (tertiary/aromatic N) is 1. The summed E-state index contributed by atoms with van der Waals surface area (Å²) in [6.45, 7) is 39.4. The van der Waals surface area contributed by atoms with Crippen LogP contribution in [0.5, 0.6) is 0 Å².